The standard InChI is InChI=1S/C16H18N2O5/c1-3-17(7-6-14(20)21)13(19)9-18-15(22)11-5-4-10(2)8-12(11)16(18)23/h4-5,8H,3,6-7,9H2,1-2H3,(H,20,21). The van der Waals surface area contributed by atoms with E-state index in [0.29, 0.717) is 17.7 Å². The molecule has 0 spiro atoms. The minimum Gasteiger partial charge on any atom is -0.481 e. The fraction of sp³-hybridized carbons (Fsp3) is 0.375. The first-order valence-electron chi connectivity index (χ1n) is 7.31. The van der Waals surface area contributed by atoms with Crippen LogP contribution >= 0.6 is 0 Å². The number of nitrogens with zero attached hydrogens (tertiary/aromatic N) is 2. The van der Waals surface area contributed by atoms with Crippen molar-refractivity contribution in [3.8, 4) is 0 Å². The molecule has 122 valence electrons. The van der Waals surface area contributed by atoms with Crippen LogP contribution in [-0.2, 0) is 9.59 Å². The second kappa shape index (κ2) is 6.60. The lowest BCUT2D eigenvalue weighted by Gasteiger charge is -2.22. The number of carbonyl (C=O) groups is 4. The molecular formula is C16H18N2O5. The minimum atomic E-state index is -1.01. The summed E-state index contributed by atoms with van der Waals surface area (Å²) in [5.41, 5.74) is 1.45. The summed E-state index contributed by atoms with van der Waals surface area (Å²) in [5.74, 6) is -2.43. The number of fused-ring (bicyclic) bond motifs is 1. The maximum absolute atomic E-state index is 12.3. The molecule has 0 radical (unpaired) electrons. The van der Waals surface area contributed by atoms with Gasteiger partial charge in [-0.3, -0.25) is 24.1 Å². The van der Waals surface area contributed by atoms with Crippen molar-refractivity contribution in [2.75, 3.05) is 19.6 Å². The van der Waals surface area contributed by atoms with Gasteiger partial charge >= 0.3 is 5.97 Å². The van der Waals surface area contributed by atoms with Gasteiger partial charge in [0.1, 0.15) is 6.54 Å². The zero-order valence-corrected chi connectivity index (χ0v) is 13.0. The summed E-state index contributed by atoms with van der Waals surface area (Å²) in [6.45, 7) is 3.52. The second-order valence-electron chi connectivity index (χ2n) is 5.36. The van der Waals surface area contributed by atoms with E-state index in [0.717, 1.165) is 10.5 Å². The quantitative estimate of drug-likeness (QED) is 0.787. The molecule has 1 heterocycles. The number of aryl methyl sites for hydroxylation is 1. The number of carbonyl (C=O) groups excluding carboxylic acids is 3. The van der Waals surface area contributed by atoms with Gasteiger partial charge in [0.15, 0.2) is 0 Å². The van der Waals surface area contributed by atoms with Gasteiger partial charge in [0.05, 0.1) is 17.5 Å². The Bertz CT molecular complexity index is 683. The van der Waals surface area contributed by atoms with Crippen molar-refractivity contribution >= 4 is 23.7 Å². The predicted octanol–water partition coefficient (Wildman–Crippen LogP) is 0.914. The zero-order valence-electron chi connectivity index (χ0n) is 13.0. The van der Waals surface area contributed by atoms with Gasteiger partial charge in [-0.15, -0.1) is 0 Å². The Balaban J connectivity index is 2.11. The number of benzene rings is 1. The number of imide groups is 1. The molecule has 0 unspecified atom stereocenters. The van der Waals surface area contributed by atoms with E-state index in [-0.39, 0.29) is 19.5 Å². The van der Waals surface area contributed by atoms with Gasteiger partial charge in [-0.25, -0.2) is 0 Å². The van der Waals surface area contributed by atoms with Crippen LogP contribution in [0.4, 0.5) is 0 Å². The molecule has 23 heavy (non-hydrogen) atoms. The third kappa shape index (κ3) is 3.39. The first-order chi connectivity index (χ1) is 10.8. The van der Waals surface area contributed by atoms with Gasteiger partial charge in [-0.05, 0) is 26.0 Å². The van der Waals surface area contributed by atoms with E-state index in [1.165, 1.54) is 4.90 Å². The third-order valence-electron chi connectivity index (χ3n) is 3.75. The van der Waals surface area contributed by atoms with E-state index < -0.39 is 23.7 Å². The van der Waals surface area contributed by atoms with Crippen molar-refractivity contribution < 1.29 is 24.3 Å². The van der Waals surface area contributed by atoms with E-state index in [1.807, 2.05) is 6.92 Å². The number of carboxylic acids is 1. The van der Waals surface area contributed by atoms with Crippen molar-refractivity contribution in [2.24, 2.45) is 0 Å². The highest BCUT2D eigenvalue weighted by Crippen LogP contribution is 2.23. The van der Waals surface area contributed by atoms with E-state index in [2.05, 4.69) is 0 Å². The number of amides is 3. The molecule has 0 atom stereocenters. The van der Waals surface area contributed by atoms with Crippen LogP contribution in [0.3, 0.4) is 0 Å². The van der Waals surface area contributed by atoms with Crippen molar-refractivity contribution in [3.63, 3.8) is 0 Å². The fourth-order valence-corrected chi connectivity index (χ4v) is 2.47. The van der Waals surface area contributed by atoms with Crippen molar-refractivity contribution in [3.05, 3.63) is 34.9 Å². The van der Waals surface area contributed by atoms with E-state index in [4.69, 9.17) is 5.11 Å². The molecular weight excluding hydrogens is 300 g/mol. The summed E-state index contributed by atoms with van der Waals surface area (Å²) < 4.78 is 0. The van der Waals surface area contributed by atoms with Crippen LogP contribution in [0, 0.1) is 6.92 Å². The lowest BCUT2D eigenvalue weighted by atomic mass is 10.1. The van der Waals surface area contributed by atoms with Crippen molar-refractivity contribution in [2.45, 2.75) is 20.3 Å². The van der Waals surface area contributed by atoms with Crippen LogP contribution in [0.2, 0.25) is 0 Å². The number of rotatable bonds is 6. The Kier molecular flexibility index (Phi) is 4.78. The highest BCUT2D eigenvalue weighted by Gasteiger charge is 2.37. The molecule has 1 aromatic carbocycles. The molecule has 7 nitrogen and oxygen atoms in total. The first-order valence-corrected chi connectivity index (χ1v) is 7.31. The minimum absolute atomic E-state index is 0.0486. The molecule has 1 aromatic rings. The summed E-state index contributed by atoms with van der Waals surface area (Å²) in [7, 11) is 0. The molecule has 3 amide bonds. The largest absolute Gasteiger partial charge is 0.481 e. The monoisotopic (exact) mass is 318 g/mol. The molecule has 1 aliphatic rings. The van der Waals surface area contributed by atoms with Crippen molar-refractivity contribution in [1.29, 1.82) is 0 Å². The highest BCUT2D eigenvalue weighted by molar-refractivity contribution is 6.22. The average molecular weight is 318 g/mol. The lowest BCUT2D eigenvalue weighted by molar-refractivity contribution is -0.138. The Morgan fingerprint density at radius 1 is 1.17 bits per heavy atom. The summed E-state index contributed by atoms with van der Waals surface area (Å²) in [5, 5.41) is 8.70. The molecule has 1 aliphatic heterocycles. The molecule has 0 fully saturated rings. The maximum Gasteiger partial charge on any atom is 0.305 e. The number of carboxylic acid groups (broad SMARTS) is 1. The molecule has 0 bridgehead atoms. The van der Waals surface area contributed by atoms with Crippen LogP contribution in [0.15, 0.2) is 18.2 Å². The van der Waals surface area contributed by atoms with Gasteiger partial charge in [-0.2, -0.15) is 0 Å². The molecule has 0 saturated heterocycles. The molecule has 0 aliphatic carbocycles. The van der Waals surface area contributed by atoms with Gasteiger partial charge in [-0.1, -0.05) is 11.6 Å². The molecule has 1 N–H and O–H groups in total. The summed E-state index contributed by atoms with van der Waals surface area (Å²) >= 11 is 0. The highest BCUT2D eigenvalue weighted by atomic mass is 16.4. The van der Waals surface area contributed by atoms with Crippen molar-refractivity contribution in [1.82, 2.24) is 9.80 Å². The average Bonchev–Trinajstić information content (AvgIpc) is 2.72. The van der Waals surface area contributed by atoms with Crippen LogP contribution in [0.1, 0.15) is 39.6 Å². The SMILES string of the molecule is CCN(CCC(=O)O)C(=O)CN1C(=O)c2ccc(C)cc2C1=O. The van der Waals surface area contributed by atoms with Gasteiger partial charge in [0, 0.05) is 13.1 Å². The predicted molar refractivity (Wildman–Crippen MR) is 81.1 cm³/mol. The van der Waals surface area contributed by atoms with Gasteiger partial charge in [0.25, 0.3) is 11.8 Å². The van der Waals surface area contributed by atoms with E-state index in [9.17, 15) is 19.2 Å². The number of aliphatic carboxylic acids is 1. The number of likely N-dealkylation sites (N-methyl/N-ethyl adjacent to an activating group) is 1. The Hall–Kier alpha value is -2.70. The maximum atomic E-state index is 12.3. The first kappa shape index (κ1) is 16.7. The summed E-state index contributed by atoms with van der Waals surface area (Å²) in [4.78, 5) is 49.7. The topological polar surface area (TPSA) is 95.0 Å². The molecule has 2 rings (SSSR count). The second-order valence-corrected chi connectivity index (χ2v) is 5.36. The Morgan fingerprint density at radius 3 is 2.43 bits per heavy atom. The smallest absolute Gasteiger partial charge is 0.305 e. The van der Waals surface area contributed by atoms with Gasteiger partial charge < -0.3 is 10.0 Å². The summed E-state index contributed by atoms with van der Waals surface area (Å²) in [6, 6.07) is 4.94. The van der Waals surface area contributed by atoms with Crippen LogP contribution in [0.25, 0.3) is 0 Å². The Morgan fingerprint density at radius 2 is 1.83 bits per heavy atom. The normalized spacial score (nSPS) is 13.2. The zero-order chi connectivity index (χ0) is 17.1. The molecule has 0 aromatic heterocycles. The van der Waals surface area contributed by atoms with E-state index >= 15 is 0 Å². The van der Waals surface area contributed by atoms with Gasteiger partial charge in [0.2, 0.25) is 5.91 Å². The van der Waals surface area contributed by atoms with Crippen LogP contribution in [-0.4, -0.2) is 58.2 Å². The molecule has 0 saturated carbocycles. The number of hydrogen-bond donors (Lipinski definition) is 1. The van der Waals surface area contributed by atoms with E-state index in [1.54, 1.807) is 25.1 Å². The van der Waals surface area contributed by atoms with Crippen LogP contribution < -0.4 is 0 Å². The molecule has 7 heteroatoms. The lowest BCUT2D eigenvalue weighted by Crippen LogP contribution is -2.43. The third-order valence-corrected chi connectivity index (χ3v) is 3.75. The summed E-state index contributed by atoms with van der Waals surface area (Å²) in [6.07, 6.45) is -0.180. The number of hydrogen-bond acceptors (Lipinski definition) is 4. The fourth-order valence-electron chi connectivity index (χ4n) is 2.47. The Labute approximate surface area is 133 Å². The van der Waals surface area contributed by atoms with Crippen LogP contribution in [0.5, 0.6) is 0 Å².